The van der Waals surface area contributed by atoms with Crippen LogP contribution in [0.25, 0.3) is 0 Å². The number of carbonyl (C=O) groups is 1. The number of morpholine rings is 1. The van der Waals surface area contributed by atoms with Crippen LogP contribution in [-0.4, -0.2) is 56.5 Å². The summed E-state index contributed by atoms with van der Waals surface area (Å²) in [6.45, 7) is 4.41. The summed E-state index contributed by atoms with van der Waals surface area (Å²) in [6, 6.07) is 12.0. The van der Waals surface area contributed by atoms with E-state index in [2.05, 4.69) is 14.6 Å². The highest BCUT2D eigenvalue weighted by atomic mass is 35.5. The summed E-state index contributed by atoms with van der Waals surface area (Å²) in [5, 5.41) is 2.73. The van der Waals surface area contributed by atoms with Gasteiger partial charge in [0.25, 0.3) is 10.0 Å². The zero-order chi connectivity index (χ0) is 24.6. The first-order valence-electron chi connectivity index (χ1n) is 11.3. The lowest BCUT2D eigenvalue weighted by Crippen LogP contribution is -2.48. The Morgan fingerprint density at radius 3 is 2.69 bits per heavy atom. The summed E-state index contributed by atoms with van der Waals surface area (Å²) in [5.41, 5.74) is 2.74. The largest absolute Gasteiger partial charge is 0.371 e. The van der Waals surface area contributed by atoms with E-state index in [9.17, 15) is 13.2 Å². The minimum atomic E-state index is -3.74. The molecular formula is C24H25ClN4O4S2. The fourth-order valence-corrected chi connectivity index (χ4v) is 6.44. The number of hydrogen-bond acceptors (Lipinski definition) is 7. The molecule has 0 spiro atoms. The van der Waals surface area contributed by atoms with Gasteiger partial charge in [0.2, 0.25) is 5.91 Å². The molecule has 184 valence electrons. The summed E-state index contributed by atoms with van der Waals surface area (Å²) >= 11 is 7.38. The molecule has 3 heterocycles. The van der Waals surface area contributed by atoms with Crippen molar-refractivity contribution in [2.45, 2.75) is 30.4 Å². The fourth-order valence-electron chi connectivity index (χ4n) is 4.54. The number of rotatable bonds is 6. The summed E-state index contributed by atoms with van der Waals surface area (Å²) in [6.07, 6.45) is 2.13. The van der Waals surface area contributed by atoms with E-state index < -0.39 is 10.0 Å². The molecule has 2 saturated heterocycles. The van der Waals surface area contributed by atoms with Crippen molar-refractivity contribution in [3.8, 4) is 0 Å². The van der Waals surface area contributed by atoms with E-state index in [0.29, 0.717) is 43.5 Å². The maximum absolute atomic E-state index is 13.3. The minimum absolute atomic E-state index is 0.0226. The second-order valence-electron chi connectivity index (χ2n) is 8.59. The van der Waals surface area contributed by atoms with E-state index in [-0.39, 0.29) is 22.9 Å². The van der Waals surface area contributed by atoms with Crippen molar-refractivity contribution in [3.63, 3.8) is 0 Å². The third-order valence-electron chi connectivity index (χ3n) is 6.38. The molecule has 2 atom stereocenters. The van der Waals surface area contributed by atoms with Crippen LogP contribution in [0.1, 0.15) is 23.7 Å². The topological polar surface area (TPSA) is 91.8 Å². The number of nitrogens with one attached hydrogen (secondary N) is 1. The lowest BCUT2D eigenvalue weighted by Gasteiger charge is -2.36. The monoisotopic (exact) mass is 532 g/mol. The smallest absolute Gasteiger partial charge is 0.263 e. The SMILES string of the molecule is Cc1cc([C@@H]2CN([C@H]3CCN(c4ccc(S(=O)(=O)Nc5nccs5)cc4)C3=O)CCO2)ccc1Cl. The van der Waals surface area contributed by atoms with Crippen molar-refractivity contribution in [2.75, 3.05) is 35.9 Å². The Balaban J connectivity index is 1.26. The number of aryl methyl sites for hydroxylation is 1. The van der Waals surface area contributed by atoms with E-state index in [1.807, 2.05) is 25.1 Å². The Labute approximate surface area is 213 Å². The van der Waals surface area contributed by atoms with E-state index in [0.717, 1.165) is 16.1 Å². The van der Waals surface area contributed by atoms with Gasteiger partial charge in [-0.1, -0.05) is 23.7 Å². The van der Waals surface area contributed by atoms with E-state index in [1.54, 1.807) is 22.4 Å². The first kappa shape index (κ1) is 24.2. The molecule has 0 saturated carbocycles. The van der Waals surface area contributed by atoms with E-state index in [4.69, 9.17) is 16.3 Å². The lowest BCUT2D eigenvalue weighted by atomic mass is 10.0. The third kappa shape index (κ3) is 5.07. The van der Waals surface area contributed by atoms with Gasteiger partial charge in [0.1, 0.15) is 0 Å². The van der Waals surface area contributed by atoms with Crippen LogP contribution in [0.5, 0.6) is 0 Å². The number of halogens is 1. The van der Waals surface area contributed by atoms with Crippen molar-refractivity contribution < 1.29 is 17.9 Å². The van der Waals surface area contributed by atoms with Gasteiger partial charge >= 0.3 is 0 Å². The highest BCUT2D eigenvalue weighted by molar-refractivity contribution is 7.93. The van der Waals surface area contributed by atoms with Gasteiger partial charge in [-0.3, -0.25) is 14.4 Å². The summed E-state index contributed by atoms with van der Waals surface area (Å²) in [4.78, 5) is 21.3. The predicted molar refractivity (Wildman–Crippen MR) is 137 cm³/mol. The molecule has 1 aromatic heterocycles. The molecule has 35 heavy (non-hydrogen) atoms. The van der Waals surface area contributed by atoms with Crippen LogP contribution >= 0.6 is 22.9 Å². The molecule has 0 bridgehead atoms. The van der Waals surface area contributed by atoms with Crippen LogP contribution in [0.15, 0.2) is 58.9 Å². The van der Waals surface area contributed by atoms with Gasteiger partial charge in [0.15, 0.2) is 5.13 Å². The maximum Gasteiger partial charge on any atom is 0.263 e. The third-order valence-corrected chi connectivity index (χ3v) is 8.98. The number of ether oxygens (including phenoxy) is 1. The molecule has 11 heteroatoms. The van der Waals surface area contributed by atoms with Gasteiger partial charge in [0, 0.05) is 41.9 Å². The Morgan fingerprint density at radius 2 is 1.97 bits per heavy atom. The summed E-state index contributed by atoms with van der Waals surface area (Å²) in [5.74, 6) is 0.0226. The van der Waals surface area contributed by atoms with E-state index >= 15 is 0 Å². The first-order chi connectivity index (χ1) is 16.8. The molecule has 2 aliphatic heterocycles. The zero-order valence-corrected chi connectivity index (χ0v) is 21.4. The number of hydrogen-bond donors (Lipinski definition) is 1. The Kier molecular flexibility index (Phi) is 6.82. The number of sulfonamides is 1. The molecule has 2 aliphatic rings. The first-order valence-corrected chi connectivity index (χ1v) is 14.0. The Hall–Kier alpha value is -2.50. The quantitative estimate of drug-likeness (QED) is 0.514. The van der Waals surface area contributed by atoms with Crippen molar-refractivity contribution in [3.05, 3.63) is 70.2 Å². The van der Waals surface area contributed by atoms with Crippen molar-refractivity contribution in [1.29, 1.82) is 0 Å². The maximum atomic E-state index is 13.3. The highest BCUT2D eigenvalue weighted by Crippen LogP contribution is 2.31. The zero-order valence-electron chi connectivity index (χ0n) is 19.1. The predicted octanol–water partition coefficient (Wildman–Crippen LogP) is 4.08. The minimum Gasteiger partial charge on any atom is -0.371 e. The fraction of sp³-hybridized carbons (Fsp3) is 0.333. The lowest BCUT2D eigenvalue weighted by molar-refractivity contribution is -0.125. The van der Waals surface area contributed by atoms with Crippen LogP contribution < -0.4 is 9.62 Å². The number of anilines is 2. The molecule has 0 radical (unpaired) electrons. The molecule has 3 aromatic rings. The summed E-state index contributed by atoms with van der Waals surface area (Å²) in [7, 11) is -3.74. The van der Waals surface area contributed by atoms with Gasteiger partial charge in [-0.2, -0.15) is 0 Å². The van der Waals surface area contributed by atoms with Gasteiger partial charge in [0.05, 0.1) is 23.6 Å². The Morgan fingerprint density at radius 1 is 1.17 bits per heavy atom. The Bertz CT molecular complexity index is 1320. The van der Waals surface area contributed by atoms with Crippen LogP contribution in [0.4, 0.5) is 10.8 Å². The molecule has 1 N–H and O–H groups in total. The molecule has 8 nitrogen and oxygen atoms in total. The normalized spacial score (nSPS) is 21.4. The van der Waals surface area contributed by atoms with Gasteiger partial charge in [-0.15, -0.1) is 11.3 Å². The molecular weight excluding hydrogens is 508 g/mol. The number of benzene rings is 2. The molecule has 2 fully saturated rings. The van der Waals surface area contributed by atoms with Gasteiger partial charge in [-0.25, -0.2) is 13.4 Å². The number of carbonyl (C=O) groups excluding carboxylic acids is 1. The van der Waals surface area contributed by atoms with Crippen LogP contribution in [0.3, 0.4) is 0 Å². The number of aromatic nitrogens is 1. The molecule has 1 amide bonds. The second kappa shape index (κ2) is 9.87. The summed E-state index contributed by atoms with van der Waals surface area (Å²) < 4.78 is 33.6. The van der Waals surface area contributed by atoms with Crippen molar-refractivity contribution >= 4 is 49.7 Å². The van der Waals surface area contributed by atoms with Crippen LogP contribution in [0.2, 0.25) is 5.02 Å². The molecule has 5 rings (SSSR count). The van der Waals surface area contributed by atoms with Crippen molar-refractivity contribution in [1.82, 2.24) is 9.88 Å². The van der Waals surface area contributed by atoms with Crippen LogP contribution in [0, 0.1) is 6.92 Å². The second-order valence-corrected chi connectivity index (χ2v) is 11.6. The van der Waals surface area contributed by atoms with Crippen molar-refractivity contribution in [2.24, 2.45) is 0 Å². The van der Waals surface area contributed by atoms with Gasteiger partial charge in [-0.05, 0) is 54.8 Å². The van der Waals surface area contributed by atoms with Gasteiger partial charge < -0.3 is 9.64 Å². The van der Waals surface area contributed by atoms with E-state index in [1.165, 1.54) is 29.7 Å². The highest BCUT2D eigenvalue weighted by Gasteiger charge is 2.39. The van der Waals surface area contributed by atoms with Crippen LogP contribution in [-0.2, 0) is 19.6 Å². The molecule has 0 unspecified atom stereocenters. The average molecular weight is 533 g/mol. The molecule has 2 aromatic carbocycles. The number of thiazole rings is 1. The standard InChI is InChI=1S/C24H25ClN4O4S2/c1-16-14-17(2-7-20(16)25)22-15-28(11-12-33-22)21-8-10-29(23(21)30)18-3-5-19(6-4-18)35(31,32)27-24-26-9-13-34-24/h2-7,9,13-14,21-22H,8,10-12,15H2,1H3,(H,26,27)/t21-,22-/m0/s1. The average Bonchev–Trinajstić information content (AvgIpc) is 3.50. The molecule has 0 aliphatic carbocycles. The number of nitrogens with zero attached hydrogens (tertiary/aromatic N) is 3. The number of amides is 1.